The molecule has 0 unspecified atom stereocenters. The highest BCUT2D eigenvalue weighted by Crippen LogP contribution is 2.34. The van der Waals surface area contributed by atoms with Gasteiger partial charge in [-0.3, -0.25) is 0 Å². The predicted molar refractivity (Wildman–Crippen MR) is 131 cm³/mol. The molecule has 2 atom stereocenters. The van der Waals surface area contributed by atoms with E-state index >= 15 is 0 Å². The molecule has 1 aliphatic carbocycles. The quantitative estimate of drug-likeness (QED) is 0.504. The topological polar surface area (TPSA) is 33.1 Å². The van der Waals surface area contributed by atoms with Crippen LogP contribution in [0.1, 0.15) is 40.4 Å². The molecule has 0 spiro atoms. The molecule has 0 amide bonds. The molecule has 4 nitrogen and oxygen atoms in total. The third kappa shape index (κ3) is 4.56. The zero-order chi connectivity index (χ0) is 22.1. The van der Waals surface area contributed by atoms with Crippen LogP contribution in [0.25, 0.3) is 5.69 Å². The normalized spacial score (nSPS) is 18.0. The molecule has 0 saturated carbocycles. The molecule has 0 radical (unpaired) electrons. The first-order chi connectivity index (χ1) is 14.8. The van der Waals surface area contributed by atoms with Gasteiger partial charge in [-0.25, -0.2) is 4.68 Å². The standard InChI is InChI=1S/C26H31ClN4/c1-17-6-11-24(15-25(17)27)31-19(3)26(18(2)29-31)21-9-10-22(14-21)28-16-20-7-12-23(13-8-20)30(4)5/h6-13,15,21-22,28H,14,16H2,1-5H3/t21-,22-/m1/s1. The molecular weight excluding hydrogens is 404 g/mol. The summed E-state index contributed by atoms with van der Waals surface area (Å²) in [6.07, 6.45) is 5.69. The van der Waals surface area contributed by atoms with Gasteiger partial charge in [0.25, 0.3) is 0 Å². The van der Waals surface area contributed by atoms with E-state index in [1.807, 2.05) is 23.7 Å². The molecule has 4 rings (SSSR count). The van der Waals surface area contributed by atoms with E-state index in [1.165, 1.54) is 22.5 Å². The van der Waals surface area contributed by atoms with Crippen LogP contribution in [-0.2, 0) is 6.54 Å². The Bertz CT molecular complexity index is 1100. The van der Waals surface area contributed by atoms with Crippen LogP contribution in [0, 0.1) is 20.8 Å². The summed E-state index contributed by atoms with van der Waals surface area (Å²) in [5.41, 5.74) is 8.22. The van der Waals surface area contributed by atoms with Crippen molar-refractivity contribution in [3.05, 3.63) is 87.7 Å². The van der Waals surface area contributed by atoms with Crippen LogP contribution < -0.4 is 10.2 Å². The van der Waals surface area contributed by atoms with Crippen molar-refractivity contribution >= 4 is 17.3 Å². The van der Waals surface area contributed by atoms with Gasteiger partial charge in [0.2, 0.25) is 0 Å². The highest BCUT2D eigenvalue weighted by atomic mass is 35.5. The lowest BCUT2D eigenvalue weighted by atomic mass is 9.96. The van der Waals surface area contributed by atoms with Gasteiger partial charge in [0.05, 0.1) is 11.4 Å². The van der Waals surface area contributed by atoms with Crippen LogP contribution in [-0.4, -0.2) is 29.9 Å². The second kappa shape index (κ2) is 8.89. The maximum absolute atomic E-state index is 6.36. The molecule has 1 heterocycles. The first-order valence-corrected chi connectivity index (χ1v) is 11.2. The van der Waals surface area contributed by atoms with Crippen LogP contribution in [0.5, 0.6) is 0 Å². The van der Waals surface area contributed by atoms with Crippen molar-refractivity contribution in [3.63, 3.8) is 0 Å². The second-order valence-electron chi connectivity index (χ2n) is 8.71. The number of hydrogen-bond donors (Lipinski definition) is 1. The Labute approximate surface area is 190 Å². The van der Waals surface area contributed by atoms with Gasteiger partial charge in [-0.1, -0.05) is 42.0 Å². The fourth-order valence-corrected chi connectivity index (χ4v) is 4.56. The van der Waals surface area contributed by atoms with Crippen LogP contribution in [0.3, 0.4) is 0 Å². The highest BCUT2D eigenvalue weighted by Gasteiger charge is 2.26. The Hall–Kier alpha value is -2.56. The van der Waals surface area contributed by atoms with Gasteiger partial charge < -0.3 is 10.2 Å². The fourth-order valence-electron chi connectivity index (χ4n) is 4.38. The summed E-state index contributed by atoms with van der Waals surface area (Å²) in [6, 6.07) is 15.2. The Morgan fingerprint density at radius 2 is 1.81 bits per heavy atom. The van der Waals surface area contributed by atoms with Crippen molar-refractivity contribution < 1.29 is 0 Å². The first-order valence-electron chi connectivity index (χ1n) is 10.8. The number of rotatable bonds is 6. The van der Waals surface area contributed by atoms with Crippen molar-refractivity contribution in [2.24, 2.45) is 0 Å². The molecule has 0 bridgehead atoms. The molecule has 1 aliphatic rings. The van der Waals surface area contributed by atoms with E-state index in [0.29, 0.717) is 12.0 Å². The van der Waals surface area contributed by atoms with Crippen molar-refractivity contribution in [1.82, 2.24) is 15.1 Å². The molecular formula is C26H31ClN4. The van der Waals surface area contributed by atoms with Gasteiger partial charge in [-0.2, -0.15) is 5.10 Å². The third-order valence-corrected chi connectivity index (χ3v) is 6.63. The zero-order valence-electron chi connectivity index (χ0n) is 19.0. The molecule has 5 heteroatoms. The smallest absolute Gasteiger partial charge is 0.0663 e. The number of hydrogen-bond acceptors (Lipinski definition) is 3. The van der Waals surface area contributed by atoms with Crippen LogP contribution in [0.4, 0.5) is 5.69 Å². The van der Waals surface area contributed by atoms with Gasteiger partial charge in [-0.05, 0) is 62.6 Å². The monoisotopic (exact) mass is 434 g/mol. The lowest BCUT2D eigenvalue weighted by Gasteiger charge is -2.16. The van der Waals surface area contributed by atoms with E-state index in [2.05, 4.69) is 80.6 Å². The van der Waals surface area contributed by atoms with E-state index in [1.54, 1.807) is 0 Å². The molecule has 0 saturated heterocycles. The summed E-state index contributed by atoms with van der Waals surface area (Å²) in [7, 11) is 4.13. The summed E-state index contributed by atoms with van der Waals surface area (Å²) >= 11 is 6.36. The Morgan fingerprint density at radius 3 is 2.48 bits per heavy atom. The van der Waals surface area contributed by atoms with E-state index < -0.39 is 0 Å². The highest BCUT2D eigenvalue weighted by molar-refractivity contribution is 6.31. The number of allylic oxidation sites excluding steroid dienone is 1. The predicted octanol–water partition coefficient (Wildman–Crippen LogP) is 5.72. The Kier molecular flexibility index (Phi) is 6.22. The number of aromatic nitrogens is 2. The second-order valence-corrected chi connectivity index (χ2v) is 9.11. The number of nitrogens with zero attached hydrogens (tertiary/aromatic N) is 3. The van der Waals surface area contributed by atoms with Crippen molar-refractivity contribution in [2.75, 3.05) is 19.0 Å². The van der Waals surface area contributed by atoms with E-state index in [-0.39, 0.29) is 0 Å². The van der Waals surface area contributed by atoms with E-state index in [9.17, 15) is 0 Å². The molecule has 31 heavy (non-hydrogen) atoms. The first kappa shape index (κ1) is 21.7. The number of benzene rings is 2. The van der Waals surface area contributed by atoms with Crippen LogP contribution >= 0.6 is 11.6 Å². The molecule has 0 aliphatic heterocycles. The maximum Gasteiger partial charge on any atom is 0.0663 e. The molecule has 1 N–H and O–H groups in total. The van der Waals surface area contributed by atoms with Gasteiger partial charge in [0.1, 0.15) is 0 Å². The van der Waals surface area contributed by atoms with Gasteiger partial charge in [0, 0.05) is 54.6 Å². The van der Waals surface area contributed by atoms with Crippen molar-refractivity contribution in [2.45, 2.75) is 45.7 Å². The van der Waals surface area contributed by atoms with Crippen LogP contribution in [0.2, 0.25) is 5.02 Å². The minimum atomic E-state index is 0.370. The minimum absolute atomic E-state index is 0.370. The van der Waals surface area contributed by atoms with Gasteiger partial charge in [0.15, 0.2) is 0 Å². The molecule has 2 aromatic carbocycles. The minimum Gasteiger partial charge on any atom is -0.378 e. The van der Waals surface area contributed by atoms with E-state index in [4.69, 9.17) is 16.7 Å². The summed E-state index contributed by atoms with van der Waals surface area (Å²) in [5, 5.41) is 9.30. The van der Waals surface area contributed by atoms with Gasteiger partial charge in [-0.15, -0.1) is 0 Å². The average Bonchev–Trinajstić information content (AvgIpc) is 3.32. The summed E-state index contributed by atoms with van der Waals surface area (Å²) in [4.78, 5) is 2.12. The number of nitrogens with one attached hydrogen (secondary N) is 1. The molecule has 162 valence electrons. The third-order valence-electron chi connectivity index (χ3n) is 6.22. The maximum atomic E-state index is 6.36. The summed E-state index contributed by atoms with van der Waals surface area (Å²) < 4.78 is 2.02. The fraction of sp³-hybridized carbons (Fsp3) is 0.346. The van der Waals surface area contributed by atoms with Crippen molar-refractivity contribution in [1.29, 1.82) is 0 Å². The zero-order valence-corrected chi connectivity index (χ0v) is 19.7. The summed E-state index contributed by atoms with van der Waals surface area (Å²) in [6.45, 7) is 7.15. The number of anilines is 1. The Morgan fingerprint density at radius 1 is 1.06 bits per heavy atom. The molecule has 3 aromatic rings. The lowest BCUT2D eigenvalue weighted by molar-refractivity contribution is 0.559. The average molecular weight is 435 g/mol. The van der Waals surface area contributed by atoms with Crippen molar-refractivity contribution in [3.8, 4) is 5.69 Å². The number of halogens is 1. The lowest BCUT2D eigenvalue weighted by Crippen LogP contribution is -2.25. The summed E-state index contributed by atoms with van der Waals surface area (Å²) in [5.74, 6) is 0.378. The Balaban J connectivity index is 1.44. The van der Waals surface area contributed by atoms with Crippen LogP contribution in [0.15, 0.2) is 54.6 Å². The molecule has 0 fully saturated rings. The van der Waals surface area contributed by atoms with Gasteiger partial charge >= 0.3 is 0 Å². The van der Waals surface area contributed by atoms with E-state index in [0.717, 1.165) is 34.9 Å². The molecule has 1 aromatic heterocycles. The SMILES string of the molecule is Cc1ccc(-n2nc(C)c([C@@H]3C=C[C@@H](NCc4ccc(N(C)C)cc4)C3)c2C)cc1Cl. The number of aryl methyl sites for hydroxylation is 2. The largest absolute Gasteiger partial charge is 0.378 e.